The zero-order chi connectivity index (χ0) is 11.5. The number of hydrogen-bond acceptors (Lipinski definition) is 1. The van der Waals surface area contributed by atoms with Gasteiger partial charge in [0, 0.05) is 5.33 Å². The third kappa shape index (κ3) is 2.09. The predicted octanol–water partition coefficient (Wildman–Crippen LogP) is 3.40. The summed E-state index contributed by atoms with van der Waals surface area (Å²) in [5, 5.41) is 11.7. The number of fused-ring (bicyclic) bond motifs is 1. The Kier molecular flexibility index (Phi) is 3.25. The number of alkyl halides is 1. The number of benzene rings is 2. The molecule has 0 heterocycles. The maximum absolute atomic E-state index is 11.0. The van der Waals surface area contributed by atoms with Crippen LogP contribution in [0.2, 0.25) is 0 Å². The molecule has 0 radical (unpaired) electrons. The lowest BCUT2D eigenvalue weighted by molar-refractivity contribution is -0.138. The highest BCUT2D eigenvalue weighted by atomic mass is 79.9. The largest absolute Gasteiger partial charge is 0.481 e. The van der Waals surface area contributed by atoms with E-state index >= 15 is 0 Å². The maximum Gasteiger partial charge on any atom is 0.311 e. The highest BCUT2D eigenvalue weighted by molar-refractivity contribution is 9.09. The summed E-state index contributed by atoms with van der Waals surface area (Å²) in [6.45, 7) is 0. The van der Waals surface area contributed by atoms with Gasteiger partial charge in [-0.05, 0) is 16.3 Å². The molecule has 0 amide bonds. The first-order chi connectivity index (χ1) is 7.72. The van der Waals surface area contributed by atoms with Gasteiger partial charge in [0.25, 0.3) is 0 Å². The number of halogens is 1. The molecule has 0 aromatic heterocycles. The van der Waals surface area contributed by atoms with Crippen LogP contribution in [0.4, 0.5) is 0 Å². The first kappa shape index (κ1) is 11.1. The second-order valence-electron chi connectivity index (χ2n) is 3.65. The van der Waals surface area contributed by atoms with Gasteiger partial charge in [-0.2, -0.15) is 0 Å². The van der Waals surface area contributed by atoms with E-state index in [-0.39, 0.29) is 0 Å². The average Bonchev–Trinajstić information content (AvgIpc) is 2.29. The first-order valence-electron chi connectivity index (χ1n) is 5.00. The van der Waals surface area contributed by atoms with Crippen LogP contribution in [0, 0.1) is 0 Å². The van der Waals surface area contributed by atoms with Crippen molar-refractivity contribution in [2.75, 3.05) is 5.33 Å². The van der Waals surface area contributed by atoms with Crippen LogP contribution < -0.4 is 0 Å². The summed E-state index contributed by atoms with van der Waals surface area (Å²) in [7, 11) is 0. The second kappa shape index (κ2) is 4.66. The van der Waals surface area contributed by atoms with Gasteiger partial charge in [0.15, 0.2) is 0 Å². The molecule has 1 atom stereocenters. The van der Waals surface area contributed by atoms with Crippen LogP contribution in [0.15, 0.2) is 42.5 Å². The fourth-order valence-corrected chi connectivity index (χ4v) is 2.37. The molecule has 0 saturated carbocycles. The van der Waals surface area contributed by atoms with E-state index in [9.17, 15) is 4.79 Å². The van der Waals surface area contributed by atoms with E-state index in [4.69, 9.17) is 5.11 Å². The van der Waals surface area contributed by atoms with Gasteiger partial charge in [0.05, 0.1) is 5.92 Å². The first-order valence-corrected chi connectivity index (χ1v) is 6.12. The minimum atomic E-state index is -0.799. The summed E-state index contributed by atoms with van der Waals surface area (Å²) in [5.41, 5.74) is 0.836. The molecule has 2 aromatic carbocycles. The third-order valence-electron chi connectivity index (χ3n) is 2.63. The number of carboxylic acids is 1. The zero-order valence-electron chi connectivity index (χ0n) is 8.56. The molecule has 82 valence electrons. The van der Waals surface area contributed by atoms with Gasteiger partial charge in [-0.1, -0.05) is 58.4 Å². The van der Waals surface area contributed by atoms with Crippen molar-refractivity contribution in [3.05, 3.63) is 48.0 Å². The molecule has 16 heavy (non-hydrogen) atoms. The Morgan fingerprint density at radius 1 is 1.19 bits per heavy atom. The number of rotatable bonds is 3. The van der Waals surface area contributed by atoms with E-state index in [2.05, 4.69) is 15.9 Å². The van der Waals surface area contributed by atoms with Crippen LogP contribution in [-0.2, 0) is 4.79 Å². The Hall–Kier alpha value is -1.35. The van der Waals surface area contributed by atoms with Gasteiger partial charge >= 0.3 is 5.97 Å². The minimum absolute atomic E-state index is 0.431. The molecule has 0 aliphatic rings. The summed E-state index contributed by atoms with van der Waals surface area (Å²) in [6.07, 6.45) is 0. The van der Waals surface area contributed by atoms with E-state index in [0.717, 1.165) is 16.3 Å². The van der Waals surface area contributed by atoms with Crippen molar-refractivity contribution < 1.29 is 9.90 Å². The maximum atomic E-state index is 11.0. The third-order valence-corrected chi connectivity index (χ3v) is 3.28. The molecule has 3 heteroatoms. The number of carbonyl (C=O) groups is 1. The molecule has 2 rings (SSSR count). The van der Waals surface area contributed by atoms with E-state index in [1.807, 2.05) is 42.5 Å². The topological polar surface area (TPSA) is 37.3 Å². The van der Waals surface area contributed by atoms with Crippen molar-refractivity contribution in [2.45, 2.75) is 5.92 Å². The molecule has 0 aliphatic heterocycles. The minimum Gasteiger partial charge on any atom is -0.481 e. The monoisotopic (exact) mass is 278 g/mol. The van der Waals surface area contributed by atoms with Crippen molar-refractivity contribution >= 4 is 32.7 Å². The van der Waals surface area contributed by atoms with E-state index in [1.54, 1.807) is 0 Å². The fraction of sp³-hybridized carbons (Fsp3) is 0.154. The second-order valence-corrected chi connectivity index (χ2v) is 4.30. The van der Waals surface area contributed by atoms with Gasteiger partial charge in [-0.15, -0.1) is 0 Å². The fourth-order valence-electron chi connectivity index (χ4n) is 1.72. The van der Waals surface area contributed by atoms with Crippen LogP contribution in [0.1, 0.15) is 11.5 Å². The SMILES string of the molecule is O=C(O)C(CBr)c1ccc2ccccc2c1. The van der Waals surface area contributed by atoms with Crippen LogP contribution in [-0.4, -0.2) is 16.4 Å². The quantitative estimate of drug-likeness (QED) is 0.874. The van der Waals surface area contributed by atoms with Gasteiger partial charge in [-0.3, -0.25) is 4.79 Å². The van der Waals surface area contributed by atoms with E-state index in [0.29, 0.717) is 5.33 Å². The Balaban J connectivity index is 2.49. The van der Waals surface area contributed by atoms with Gasteiger partial charge in [-0.25, -0.2) is 0 Å². The lowest BCUT2D eigenvalue weighted by Gasteiger charge is -2.10. The lowest BCUT2D eigenvalue weighted by Crippen LogP contribution is -2.12. The molecule has 1 N–H and O–H groups in total. The molecular weight excluding hydrogens is 268 g/mol. The summed E-state index contributed by atoms with van der Waals surface area (Å²) in [4.78, 5) is 11.0. The Morgan fingerprint density at radius 3 is 2.50 bits per heavy atom. The molecular formula is C13H11BrO2. The normalized spacial score (nSPS) is 12.6. The smallest absolute Gasteiger partial charge is 0.311 e. The van der Waals surface area contributed by atoms with Gasteiger partial charge in [0.2, 0.25) is 0 Å². The van der Waals surface area contributed by atoms with Gasteiger partial charge in [0.1, 0.15) is 0 Å². The van der Waals surface area contributed by atoms with Crippen LogP contribution >= 0.6 is 15.9 Å². The summed E-state index contributed by atoms with van der Waals surface area (Å²) in [5.74, 6) is -1.28. The lowest BCUT2D eigenvalue weighted by atomic mass is 9.98. The van der Waals surface area contributed by atoms with Gasteiger partial charge < -0.3 is 5.11 Å². The molecule has 2 nitrogen and oxygen atoms in total. The molecule has 0 saturated heterocycles. The summed E-state index contributed by atoms with van der Waals surface area (Å²) < 4.78 is 0. The number of carboxylic acid groups (broad SMARTS) is 1. The highest BCUT2D eigenvalue weighted by Crippen LogP contribution is 2.23. The molecule has 0 aliphatic carbocycles. The zero-order valence-corrected chi connectivity index (χ0v) is 10.1. The highest BCUT2D eigenvalue weighted by Gasteiger charge is 2.18. The average molecular weight is 279 g/mol. The molecule has 1 unspecified atom stereocenters. The molecule has 0 bridgehead atoms. The molecule has 0 spiro atoms. The van der Waals surface area contributed by atoms with Crippen molar-refractivity contribution in [3.63, 3.8) is 0 Å². The van der Waals surface area contributed by atoms with Crippen molar-refractivity contribution in [3.8, 4) is 0 Å². The van der Waals surface area contributed by atoms with Crippen molar-refractivity contribution in [1.29, 1.82) is 0 Å². The molecule has 2 aromatic rings. The Labute approximate surface area is 102 Å². The number of hydrogen-bond donors (Lipinski definition) is 1. The number of aliphatic carboxylic acids is 1. The Morgan fingerprint density at radius 2 is 1.88 bits per heavy atom. The van der Waals surface area contributed by atoms with E-state index in [1.165, 1.54) is 0 Å². The van der Waals surface area contributed by atoms with Crippen molar-refractivity contribution in [2.24, 2.45) is 0 Å². The summed E-state index contributed by atoms with van der Waals surface area (Å²) >= 11 is 3.24. The van der Waals surface area contributed by atoms with Crippen LogP contribution in [0.5, 0.6) is 0 Å². The predicted molar refractivity (Wildman–Crippen MR) is 68.1 cm³/mol. The van der Waals surface area contributed by atoms with Crippen LogP contribution in [0.3, 0.4) is 0 Å². The van der Waals surface area contributed by atoms with Crippen molar-refractivity contribution in [1.82, 2.24) is 0 Å². The Bertz CT molecular complexity index is 522. The standard InChI is InChI=1S/C13H11BrO2/c14-8-12(13(15)16)11-6-5-9-3-1-2-4-10(9)7-11/h1-7,12H,8H2,(H,15,16). The van der Waals surface area contributed by atoms with E-state index < -0.39 is 11.9 Å². The summed E-state index contributed by atoms with van der Waals surface area (Å²) in [6, 6.07) is 13.7. The van der Waals surface area contributed by atoms with Crippen LogP contribution in [0.25, 0.3) is 10.8 Å². The molecule has 0 fully saturated rings.